The topological polar surface area (TPSA) is 49.4 Å². The monoisotopic (exact) mass is 330 g/mol. The molecular weight excluding hydrogens is 314 g/mol. The van der Waals surface area contributed by atoms with Crippen LogP contribution in [0.3, 0.4) is 0 Å². The van der Waals surface area contributed by atoms with E-state index in [0.717, 1.165) is 6.07 Å². The fourth-order valence-corrected chi connectivity index (χ4v) is 2.84. The van der Waals surface area contributed by atoms with Gasteiger partial charge in [-0.1, -0.05) is 18.2 Å². The van der Waals surface area contributed by atoms with Gasteiger partial charge in [0.15, 0.2) is 0 Å². The van der Waals surface area contributed by atoms with Crippen molar-refractivity contribution < 1.29 is 18.4 Å². The maximum Gasteiger partial charge on any atom is 0.254 e. The van der Waals surface area contributed by atoms with E-state index in [1.54, 1.807) is 24.3 Å². The van der Waals surface area contributed by atoms with E-state index in [-0.39, 0.29) is 11.6 Å². The highest BCUT2D eigenvalue weighted by Crippen LogP contribution is 2.23. The molecule has 1 atom stereocenters. The molecule has 1 saturated heterocycles. The Bertz CT molecular complexity index is 765. The lowest BCUT2D eigenvalue weighted by Gasteiger charge is -2.24. The predicted octanol–water partition coefficient (Wildman–Crippen LogP) is 3.21. The summed E-state index contributed by atoms with van der Waals surface area (Å²) in [6.07, 6.45) is 1.20. The third-order valence-electron chi connectivity index (χ3n) is 4.03. The van der Waals surface area contributed by atoms with Crippen LogP contribution in [0.5, 0.6) is 0 Å². The molecule has 0 radical (unpaired) electrons. The molecule has 0 bridgehead atoms. The summed E-state index contributed by atoms with van der Waals surface area (Å²) in [4.78, 5) is 26.5. The fourth-order valence-electron chi connectivity index (χ4n) is 2.84. The number of anilines is 1. The van der Waals surface area contributed by atoms with Crippen LogP contribution in [0.25, 0.3) is 0 Å². The van der Waals surface area contributed by atoms with Crippen LogP contribution in [0.4, 0.5) is 14.5 Å². The number of amides is 2. The summed E-state index contributed by atoms with van der Waals surface area (Å²) in [6, 6.07) is 11.0. The van der Waals surface area contributed by atoms with E-state index in [2.05, 4.69) is 5.32 Å². The Labute approximate surface area is 138 Å². The Kier molecular flexibility index (Phi) is 4.55. The quantitative estimate of drug-likeness (QED) is 0.939. The normalized spacial score (nSPS) is 16.9. The van der Waals surface area contributed by atoms with Crippen LogP contribution in [-0.4, -0.2) is 29.3 Å². The third-order valence-corrected chi connectivity index (χ3v) is 4.03. The van der Waals surface area contributed by atoms with E-state index >= 15 is 0 Å². The molecule has 24 heavy (non-hydrogen) atoms. The Hall–Kier alpha value is -2.76. The average Bonchev–Trinajstić information content (AvgIpc) is 3.07. The van der Waals surface area contributed by atoms with Gasteiger partial charge in [-0.25, -0.2) is 8.78 Å². The lowest BCUT2D eigenvalue weighted by Crippen LogP contribution is -2.43. The van der Waals surface area contributed by atoms with Crippen molar-refractivity contribution in [1.29, 1.82) is 0 Å². The molecule has 2 aromatic rings. The number of carbonyl (C=O) groups excluding carboxylic acids is 2. The first-order valence-corrected chi connectivity index (χ1v) is 7.68. The van der Waals surface area contributed by atoms with Gasteiger partial charge in [0, 0.05) is 18.2 Å². The van der Waals surface area contributed by atoms with Crippen molar-refractivity contribution in [2.75, 3.05) is 11.9 Å². The first-order chi connectivity index (χ1) is 11.6. The van der Waals surface area contributed by atoms with Crippen molar-refractivity contribution in [3.63, 3.8) is 0 Å². The highest BCUT2D eigenvalue weighted by molar-refractivity contribution is 6.01. The molecule has 3 rings (SSSR count). The van der Waals surface area contributed by atoms with Crippen LogP contribution in [0.1, 0.15) is 23.2 Å². The van der Waals surface area contributed by atoms with Crippen LogP contribution in [0.2, 0.25) is 0 Å². The summed E-state index contributed by atoms with van der Waals surface area (Å²) in [5, 5.41) is 2.44. The summed E-state index contributed by atoms with van der Waals surface area (Å²) in [5.74, 6) is -2.26. The highest BCUT2D eigenvalue weighted by atomic mass is 19.1. The number of likely N-dealkylation sites (tertiary alicyclic amines) is 1. The second kappa shape index (κ2) is 6.78. The van der Waals surface area contributed by atoms with Crippen LogP contribution >= 0.6 is 0 Å². The van der Waals surface area contributed by atoms with Gasteiger partial charge in [-0.15, -0.1) is 0 Å². The number of hydrogen-bond acceptors (Lipinski definition) is 2. The second-order valence-electron chi connectivity index (χ2n) is 5.64. The van der Waals surface area contributed by atoms with E-state index in [9.17, 15) is 18.4 Å². The lowest BCUT2D eigenvalue weighted by molar-refractivity contribution is -0.119. The molecule has 0 unspecified atom stereocenters. The van der Waals surface area contributed by atoms with Gasteiger partial charge in [0.25, 0.3) is 5.91 Å². The molecule has 0 saturated carbocycles. The Morgan fingerprint density at radius 2 is 1.83 bits per heavy atom. The van der Waals surface area contributed by atoms with E-state index in [0.29, 0.717) is 31.0 Å². The molecule has 0 aliphatic carbocycles. The van der Waals surface area contributed by atoms with Crippen molar-refractivity contribution >= 4 is 17.5 Å². The van der Waals surface area contributed by atoms with Gasteiger partial charge in [0.2, 0.25) is 5.91 Å². The molecule has 4 nitrogen and oxygen atoms in total. The Morgan fingerprint density at radius 1 is 1.08 bits per heavy atom. The van der Waals surface area contributed by atoms with Crippen molar-refractivity contribution in [3.05, 3.63) is 65.7 Å². The van der Waals surface area contributed by atoms with E-state index < -0.39 is 23.6 Å². The summed E-state index contributed by atoms with van der Waals surface area (Å²) < 4.78 is 26.6. The standard InChI is InChI=1S/C18H16F2N2O2/c19-13-8-9-15(14(20)11-13)21-17(23)16-7-4-10-22(16)18(24)12-5-2-1-3-6-12/h1-3,5-6,8-9,11,16H,4,7,10H2,(H,21,23)/t16-/m0/s1. The van der Waals surface area contributed by atoms with Crippen LogP contribution in [0, 0.1) is 11.6 Å². The molecule has 1 N–H and O–H groups in total. The number of nitrogens with one attached hydrogen (secondary N) is 1. The minimum absolute atomic E-state index is 0.0968. The van der Waals surface area contributed by atoms with Gasteiger partial charge in [-0.2, -0.15) is 0 Å². The Morgan fingerprint density at radius 3 is 2.54 bits per heavy atom. The molecule has 1 aliphatic heterocycles. The zero-order valence-electron chi connectivity index (χ0n) is 12.8. The number of nitrogens with zero attached hydrogens (tertiary/aromatic N) is 1. The molecule has 0 aromatic heterocycles. The predicted molar refractivity (Wildman–Crippen MR) is 85.5 cm³/mol. The molecular formula is C18H16F2N2O2. The van der Waals surface area contributed by atoms with Gasteiger partial charge < -0.3 is 10.2 Å². The molecule has 2 amide bonds. The maximum absolute atomic E-state index is 13.7. The summed E-state index contributed by atoms with van der Waals surface area (Å²) >= 11 is 0. The number of carbonyl (C=O) groups is 2. The molecule has 124 valence electrons. The van der Waals surface area contributed by atoms with Gasteiger partial charge in [0.1, 0.15) is 17.7 Å². The first kappa shape index (κ1) is 16.1. The van der Waals surface area contributed by atoms with Crippen LogP contribution < -0.4 is 5.32 Å². The van der Waals surface area contributed by atoms with Gasteiger partial charge >= 0.3 is 0 Å². The zero-order valence-corrected chi connectivity index (χ0v) is 12.8. The van der Waals surface area contributed by atoms with Crippen molar-refractivity contribution in [1.82, 2.24) is 4.90 Å². The van der Waals surface area contributed by atoms with E-state index in [1.807, 2.05) is 6.07 Å². The molecule has 2 aromatic carbocycles. The van der Waals surface area contributed by atoms with Crippen molar-refractivity contribution in [3.8, 4) is 0 Å². The maximum atomic E-state index is 13.7. The SMILES string of the molecule is O=C(Nc1ccc(F)cc1F)[C@@H]1CCCN1C(=O)c1ccccc1. The molecule has 6 heteroatoms. The molecule has 1 fully saturated rings. The lowest BCUT2D eigenvalue weighted by atomic mass is 10.1. The van der Waals surface area contributed by atoms with Crippen molar-refractivity contribution in [2.24, 2.45) is 0 Å². The second-order valence-corrected chi connectivity index (χ2v) is 5.64. The summed E-state index contributed by atoms with van der Waals surface area (Å²) in [5.41, 5.74) is 0.408. The Balaban J connectivity index is 1.75. The zero-order chi connectivity index (χ0) is 17.1. The average molecular weight is 330 g/mol. The van der Waals surface area contributed by atoms with Gasteiger partial charge in [-0.3, -0.25) is 9.59 Å². The number of benzene rings is 2. The molecule has 1 aliphatic rings. The number of rotatable bonds is 3. The van der Waals surface area contributed by atoms with Gasteiger partial charge in [-0.05, 0) is 37.1 Å². The van der Waals surface area contributed by atoms with Crippen LogP contribution in [0.15, 0.2) is 48.5 Å². The minimum atomic E-state index is -0.845. The third kappa shape index (κ3) is 3.27. The minimum Gasteiger partial charge on any atom is -0.327 e. The molecule has 0 spiro atoms. The van der Waals surface area contributed by atoms with Gasteiger partial charge in [0.05, 0.1) is 5.69 Å². The summed E-state index contributed by atoms with van der Waals surface area (Å²) in [7, 11) is 0. The molecule has 1 heterocycles. The fraction of sp³-hybridized carbons (Fsp3) is 0.222. The first-order valence-electron chi connectivity index (χ1n) is 7.68. The van der Waals surface area contributed by atoms with E-state index in [4.69, 9.17) is 0 Å². The highest BCUT2D eigenvalue weighted by Gasteiger charge is 2.34. The smallest absolute Gasteiger partial charge is 0.254 e. The summed E-state index contributed by atoms with van der Waals surface area (Å²) in [6.45, 7) is 0.470. The van der Waals surface area contributed by atoms with E-state index in [1.165, 1.54) is 11.0 Å². The largest absolute Gasteiger partial charge is 0.327 e. The number of halogens is 2. The number of hydrogen-bond donors (Lipinski definition) is 1. The van der Waals surface area contributed by atoms with Crippen LogP contribution in [-0.2, 0) is 4.79 Å². The van der Waals surface area contributed by atoms with Crippen molar-refractivity contribution in [2.45, 2.75) is 18.9 Å².